The Morgan fingerprint density at radius 1 is 1.53 bits per heavy atom. The number of ether oxygens (including phenoxy) is 1. The first-order valence-corrected chi connectivity index (χ1v) is 6.19. The molecule has 8 heteroatoms. The molecule has 0 atom stereocenters. The van der Waals surface area contributed by atoms with E-state index in [0.717, 1.165) is 11.3 Å². The molecule has 0 saturated carbocycles. The first kappa shape index (κ1) is 15.1. The zero-order valence-electron chi connectivity index (χ0n) is 11.0. The molecule has 1 heterocycles. The summed E-state index contributed by atoms with van der Waals surface area (Å²) < 4.78 is 5.07. The van der Waals surface area contributed by atoms with E-state index in [1.807, 2.05) is 0 Å². The van der Waals surface area contributed by atoms with Crippen molar-refractivity contribution >= 4 is 34.6 Å². The maximum atomic E-state index is 11.5. The molecule has 0 spiro atoms. The van der Waals surface area contributed by atoms with Crippen LogP contribution in [0.5, 0.6) is 0 Å². The fraction of sp³-hybridized carbons (Fsp3) is 0.455. The van der Waals surface area contributed by atoms with Gasteiger partial charge < -0.3 is 9.57 Å². The Bertz CT molecular complexity index is 490. The van der Waals surface area contributed by atoms with Crippen molar-refractivity contribution in [3.63, 3.8) is 0 Å². The second kappa shape index (κ2) is 6.28. The van der Waals surface area contributed by atoms with Crippen molar-refractivity contribution in [2.75, 3.05) is 12.4 Å². The van der Waals surface area contributed by atoms with Crippen LogP contribution in [0, 0.1) is 0 Å². The van der Waals surface area contributed by atoms with Gasteiger partial charge in [-0.1, -0.05) is 5.16 Å². The van der Waals surface area contributed by atoms with Crippen LogP contribution >= 0.6 is 11.3 Å². The average Bonchev–Trinajstić information content (AvgIpc) is 2.71. The van der Waals surface area contributed by atoms with Crippen LogP contribution in [-0.4, -0.2) is 35.8 Å². The number of nitrogens with one attached hydrogen (secondary N) is 1. The summed E-state index contributed by atoms with van der Waals surface area (Å²) in [6, 6.07) is 0. The lowest BCUT2D eigenvalue weighted by molar-refractivity contribution is 0.0636. The van der Waals surface area contributed by atoms with E-state index in [9.17, 15) is 9.59 Å². The van der Waals surface area contributed by atoms with Crippen molar-refractivity contribution < 1.29 is 19.2 Å². The molecular formula is C11H14N3O4S. The van der Waals surface area contributed by atoms with Crippen molar-refractivity contribution in [1.82, 2.24) is 4.98 Å². The Hall–Kier alpha value is -1.96. The number of hydrogen-bond acceptors (Lipinski definition) is 7. The number of carbonyl (C=O) groups is 1. The monoisotopic (exact) mass is 284 g/mol. The molecule has 1 N–H and O–H groups in total. The van der Waals surface area contributed by atoms with Crippen LogP contribution < -0.4 is 5.32 Å². The second-order valence-corrected chi connectivity index (χ2v) is 5.25. The lowest BCUT2D eigenvalue weighted by atomic mass is 10.2. The Morgan fingerprint density at radius 2 is 2.21 bits per heavy atom. The fourth-order valence-electron chi connectivity index (χ4n) is 1.04. The predicted octanol–water partition coefficient (Wildman–Crippen LogP) is 1.95. The van der Waals surface area contributed by atoms with Gasteiger partial charge in [0.1, 0.15) is 18.4 Å². The number of hydrogen-bond donors (Lipinski definition) is 1. The summed E-state index contributed by atoms with van der Waals surface area (Å²) >= 11 is 1.14. The van der Waals surface area contributed by atoms with E-state index in [1.54, 1.807) is 32.4 Å². The first-order chi connectivity index (χ1) is 8.85. The summed E-state index contributed by atoms with van der Waals surface area (Å²) in [5.41, 5.74) is -0.396. The number of amides is 1. The number of thiazole rings is 1. The van der Waals surface area contributed by atoms with E-state index in [1.165, 1.54) is 7.11 Å². The second-order valence-electron chi connectivity index (χ2n) is 4.39. The fourth-order valence-corrected chi connectivity index (χ4v) is 1.72. The quantitative estimate of drug-likeness (QED) is 0.674. The van der Waals surface area contributed by atoms with Crippen LogP contribution in [0.2, 0.25) is 0 Å². The highest BCUT2D eigenvalue weighted by Crippen LogP contribution is 2.17. The van der Waals surface area contributed by atoms with Crippen molar-refractivity contribution in [2.24, 2.45) is 5.16 Å². The van der Waals surface area contributed by atoms with Crippen molar-refractivity contribution in [1.29, 1.82) is 0 Å². The van der Waals surface area contributed by atoms with Crippen LogP contribution in [0.15, 0.2) is 10.5 Å². The van der Waals surface area contributed by atoms with Crippen LogP contribution in [-0.2, 0) is 14.4 Å². The molecule has 0 aliphatic carbocycles. The molecule has 0 aromatic carbocycles. The molecule has 0 saturated heterocycles. The SMILES string of the molecule is CO/N=C(\[C]=O)c1csc(NC(=O)OC(C)(C)C)n1. The zero-order chi connectivity index (χ0) is 14.5. The Morgan fingerprint density at radius 3 is 2.74 bits per heavy atom. The number of anilines is 1. The number of rotatable bonds is 4. The van der Waals surface area contributed by atoms with Crippen LogP contribution in [0.1, 0.15) is 26.5 Å². The zero-order valence-corrected chi connectivity index (χ0v) is 11.8. The highest BCUT2D eigenvalue weighted by atomic mass is 32.1. The summed E-state index contributed by atoms with van der Waals surface area (Å²) in [7, 11) is 1.31. The molecular weight excluding hydrogens is 270 g/mol. The molecule has 7 nitrogen and oxygen atoms in total. The minimum Gasteiger partial charge on any atom is -0.444 e. The van der Waals surface area contributed by atoms with Gasteiger partial charge in [0.15, 0.2) is 10.8 Å². The molecule has 1 amide bonds. The van der Waals surface area contributed by atoms with E-state index in [4.69, 9.17) is 4.74 Å². The summed E-state index contributed by atoms with van der Waals surface area (Å²) in [5.74, 6) is 0. The van der Waals surface area contributed by atoms with Gasteiger partial charge in [-0.05, 0) is 20.8 Å². The molecule has 1 aromatic heterocycles. The van der Waals surface area contributed by atoms with Crippen LogP contribution in [0.25, 0.3) is 0 Å². The third-order valence-electron chi connectivity index (χ3n) is 1.63. The molecule has 0 aliphatic heterocycles. The molecule has 1 rings (SSSR count). The largest absolute Gasteiger partial charge is 0.444 e. The lowest BCUT2D eigenvalue weighted by Gasteiger charge is -2.18. The molecule has 0 aliphatic rings. The summed E-state index contributed by atoms with van der Waals surface area (Å²) in [6.45, 7) is 5.26. The number of carbonyl (C=O) groups excluding carboxylic acids is 2. The molecule has 19 heavy (non-hydrogen) atoms. The van der Waals surface area contributed by atoms with Gasteiger partial charge in [0.25, 0.3) is 6.29 Å². The van der Waals surface area contributed by atoms with Crippen molar-refractivity contribution in [3.8, 4) is 0 Å². The van der Waals surface area contributed by atoms with E-state index in [2.05, 4.69) is 20.3 Å². The summed E-state index contributed by atoms with van der Waals surface area (Å²) in [4.78, 5) is 30.6. The van der Waals surface area contributed by atoms with Crippen molar-refractivity contribution in [3.05, 3.63) is 11.1 Å². The van der Waals surface area contributed by atoms with Crippen LogP contribution in [0.4, 0.5) is 9.93 Å². The third kappa shape index (κ3) is 5.04. The topological polar surface area (TPSA) is 89.9 Å². The Kier molecular flexibility index (Phi) is 4.99. The minimum atomic E-state index is -0.617. The number of oxime groups is 1. The highest BCUT2D eigenvalue weighted by Gasteiger charge is 2.18. The minimum absolute atomic E-state index is 0.0732. The van der Waals surface area contributed by atoms with Gasteiger partial charge in [-0.3, -0.25) is 10.1 Å². The smallest absolute Gasteiger partial charge is 0.413 e. The van der Waals surface area contributed by atoms with Crippen LogP contribution in [0.3, 0.4) is 0 Å². The lowest BCUT2D eigenvalue weighted by Crippen LogP contribution is -2.27. The van der Waals surface area contributed by atoms with Gasteiger partial charge in [0.2, 0.25) is 0 Å². The maximum absolute atomic E-state index is 11.5. The van der Waals surface area contributed by atoms with Gasteiger partial charge in [-0.25, -0.2) is 9.78 Å². The van der Waals surface area contributed by atoms with E-state index < -0.39 is 11.7 Å². The standard InChI is InChI=1S/C11H14N3O4S/c1-11(2,3)18-10(16)13-9-12-8(6-19-9)7(5-15)14-17-4/h6H,1-4H3,(H,12,13,16)/b14-7+. The highest BCUT2D eigenvalue weighted by molar-refractivity contribution is 7.14. The van der Waals surface area contributed by atoms with Gasteiger partial charge in [-0.2, -0.15) is 0 Å². The molecule has 0 unspecified atom stereocenters. The Balaban J connectivity index is 2.73. The molecule has 103 valence electrons. The normalized spacial score (nSPS) is 11.9. The first-order valence-electron chi connectivity index (χ1n) is 5.31. The van der Waals surface area contributed by atoms with Crippen molar-refractivity contribution in [2.45, 2.75) is 26.4 Å². The molecule has 1 aromatic rings. The van der Waals surface area contributed by atoms with Gasteiger partial charge in [0.05, 0.1) is 0 Å². The predicted molar refractivity (Wildman–Crippen MR) is 71.2 cm³/mol. The number of nitrogens with zero attached hydrogens (tertiary/aromatic N) is 2. The molecule has 1 radical (unpaired) electrons. The van der Waals surface area contributed by atoms with E-state index in [-0.39, 0.29) is 11.4 Å². The Labute approximate surface area is 114 Å². The van der Waals surface area contributed by atoms with Gasteiger partial charge in [0, 0.05) is 5.38 Å². The molecule has 0 fully saturated rings. The van der Waals surface area contributed by atoms with Gasteiger partial charge >= 0.3 is 6.09 Å². The number of aromatic nitrogens is 1. The summed E-state index contributed by atoms with van der Waals surface area (Å²) in [5, 5.41) is 7.76. The summed E-state index contributed by atoms with van der Waals surface area (Å²) in [6.07, 6.45) is 0.982. The molecule has 0 bridgehead atoms. The maximum Gasteiger partial charge on any atom is 0.413 e. The average molecular weight is 284 g/mol. The van der Waals surface area contributed by atoms with E-state index >= 15 is 0 Å². The third-order valence-corrected chi connectivity index (χ3v) is 2.39. The van der Waals surface area contributed by atoms with E-state index in [0.29, 0.717) is 5.13 Å². The van der Waals surface area contributed by atoms with Gasteiger partial charge in [-0.15, -0.1) is 11.3 Å².